The van der Waals surface area contributed by atoms with Gasteiger partial charge in [0.05, 0.1) is 11.3 Å². The van der Waals surface area contributed by atoms with E-state index in [9.17, 15) is 14.7 Å². The number of imide groups is 1. The number of nitrogens with zero attached hydrogens (tertiary/aromatic N) is 2. The molecule has 0 aliphatic carbocycles. The monoisotopic (exact) mass is 454 g/mol. The van der Waals surface area contributed by atoms with Crippen LogP contribution in [0.3, 0.4) is 0 Å². The molecule has 8 heteroatoms. The molecule has 3 heterocycles. The first-order valence-corrected chi connectivity index (χ1v) is 11.1. The Morgan fingerprint density at radius 1 is 1.00 bits per heavy atom. The molecule has 1 fully saturated rings. The van der Waals surface area contributed by atoms with Crippen molar-refractivity contribution >= 4 is 34.7 Å². The third-order valence-electron chi connectivity index (χ3n) is 6.07. The van der Waals surface area contributed by atoms with E-state index in [2.05, 4.69) is 0 Å². The van der Waals surface area contributed by atoms with Gasteiger partial charge < -0.3 is 19.5 Å². The molecule has 32 heavy (non-hydrogen) atoms. The van der Waals surface area contributed by atoms with E-state index in [1.807, 2.05) is 4.90 Å². The van der Waals surface area contributed by atoms with E-state index in [1.165, 1.54) is 4.90 Å². The number of anilines is 1. The van der Waals surface area contributed by atoms with Gasteiger partial charge in [-0.05, 0) is 48.6 Å². The van der Waals surface area contributed by atoms with Crippen LogP contribution in [0.15, 0.2) is 48.2 Å². The summed E-state index contributed by atoms with van der Waals surface area (Å²) in [6, 6.07) is 12.0. The maximum Gasteiger partial charge on any atom is 0.282 e. The molecule has 0 radical (unpaired) electrons. The van der Waals surface area contributed by atoms with Crippen molar-refractivity contribution in [1.82, 2.24) is 4.90 Å². The van der Waals surface area contributed by atoms with Crippen LogP contribution in [0.25, 0.3) is 5.57 Å². The van der Waals surface area contributed by atoms with Gasteiger partial charge in [0.15, 0.2) is 11.5 Å². The first kappa shape index (κ1) is 20.8. The van der Waals surface area contributed by atoms with Gasteiger partial charge in [-0.2, -0.15) is 0 Å². The average molecular weight is 455 g/mol. The lowest BCUT2D eigenvalue weighted by Crippen LogP contribution is -2.40. The molecule has 2 aromatic rings. The minimum absolute atomic E-state index is 0.0497. The molecule has 0 bridgehead atoms. The van der Waals surface area contributed by atoms with Crippen molar-refractivity contribution < 1.29 is 24.2 Å². The second-order valence-electron chi connectivity index (χ2n) is 8.14. The first-order chi connectivity index (χ1) is 15.6. The van der Waals surface area contributed by atoms with Crippen LogP contribution in [-0.2, 0) is 9.59 Å². The zero-order valence-electron chi connectivity index (χ0n) is 17.4. The normalized spacial score (nSPS) is 20.9. The Hall–Kier alpha value is -3.03. The molecular formula is C24H23ClN2O5. The number of ether oxygens (including phenoxy) is 2. The number of aliphatic hydroxyl groups is 1. The van der Waals surface area contributed by atoms with E-state index in [-0.39, 0.29) is 18.4 Å². The number of hydrogen-bond donors (Lipinski definition) is 1. The molecule has 1 atom stereocenters. The lowest BCUT2D eigenvalue weighted by molar-refractivity contribution is -0.120. The van der Waals surface area contributed by atoms with Gasteiger partial charge in [0.1, 0.15) is 18.9 Å². The maximum atomic E-state index is 13.7. The van der Waals surface area contributed by atoms with E-state index >= 15 is 0 Å². The molecule has 166 valence electrons. The lowest BCUT2D eigenvalue weighted by Gasteiger charge is -2.34. The number of amides is 2. The molecule has 1 unspecified atom stereocenters. The first-order valence-electron chi connectivity index (χ1n) is 10.7. The van der Waals surface area contributed by atoms with Gasteiger partial charge >= 0.3 is 0 Å². The van der Waals surface area contributed by atoms with Crippen LogP contribution < -0.4 is 14.4 Å². The molecule has 0 saturated carbocycles. The number of hydrogen-bond acceptors (Lipinski definition) is 6. The van der Waals surface area contributed by atoms with Crippen molar-refractivity contribution in [3.8, 4) is 11.5 Å². The van der Waals surface area contributed by atoms with Crippen LogP contribution in [-0.4, -0.2) is 54.7 Å². The van der Waals surface area contributed by atoms with Gasteiger partial charge in [-0.1, -0.05) is 23.7 Å². The molecule has 1 saturated heterocycles. The number of rotatable bonds is 4. The SMILES string of the molecule is O=C1C(c2ccc(Cl)cc2)=C(N2CCCC(CO)C2)C(=O)N1c1ccc2c(c1)OCCO2. The standard InChI is InChI=1S/C24H23ClN2O5/c25-17-5-3-16(4-6-17)21-22(26-9-1-2-15(13-26)14-28)24(30)27(23(21)29)18-7-8-19-20(12-18)32-11-10-31-19/h3-8,12,15,28H,1-2,9-11,13-14H2. The highest BCUT2D eigenvalue weighted by molar-refractivity contribution is 6.45. The molecule has 0 aromatic heterocycles. The van der Waals surface area contributed by atoms with E-state index in [4.69, 9.17) is 21.1 Å². The van der Waals surface area contributed by atoms with Crippen molar-refractivity contribution in [1.29, 1.82) is 0 Å². The van der Waals surface area contributed by atoms with E-state index in [0.29, 0.717) is 65.3 Å². The highest BCUT2D eigenvalue weighted by Crippen LogP contribution is 2.40. The van der Waals surface area contributed by atoms with E-state index < -0.39 is 5.91 Å². The molecule has 1 N–H and O–H groups in total. The summed E-state index contributed by atoms with van der Waals surface area (Å²) < 4.78 is 11.2. The number of piperidine rings is 1. The van der Waals surface area contributed by atoms with Crippen molar-refractivity contribution in [2.75, 3.05) is 37.8 Å². The highest BCUT2D eigenvalue weighted by atomic mass is 35.5. The highest BCUT2D eigenvalue weighted by Gasteiger charge is 2.43. The van der Waals surface area contributed by atoms with Crippen molar-refractivity contribution in [2.45, 2.75) is 12.8 Å². The third kappa shape index (κ3) is 3.61. The summed E-state index contributed by atoms with van der Waals surface area (Å²) in [6.07, 6.45) is 1.73. The Bertz CT molecular complexity index is 1100. The van der Waals surface area contributed by atoms with E-state index in [1.54, 1.807) is 42.5 Å². The summed E-state index contributed by atoms with van der Waals surface area (Å²) in [5.74, 6) is 0.389. The predicted octanol–water partition coefficient (Wildman–Crippen LogP) is 3.10. The Kier molecular flexibility index (Phi) is 5.53. The smallest absolute Gasteiger partial charge is 0.282 e. The topological polar surface area (TPSA) is 79.3 Å². The number of fused-ring (bicyclic) bond motifs is 1. The number of benzene rings is 2. The molecule has 0 spiro atoms. The van der Waals surface area contributed by atoms with Crippen molar-refractivity contribution in [3.63, 3.8) is 0 Å². The zero-order chi connectivity index (χ0) is 22.2. The van der Waals surface area contributed by atoms with Gasteiger partial charge in [-0.3, -0.25) is 9.59 Å². The third-order valence-corrected chi connectivity index (χ3v) is 6.32. The quantitative estimate of drug-likeness (QED) is 0.715. The van der Waals surface area contributed by atoms with Gasteiger partial charge in [0.2, 0.25) is 0 Å². The van der Waals surface area contributed by atoms with Gasteiger partial charge in [0, 0.05) is 30.8 Å². The van der Waals surface area contributed by atoms with Crippen LogP contribution in [0.2, 0.25) is 5.02 Å². The predicted molar refractivity (Wildman–Crippen MR) is 120 cm³/mol. The molecule has 2 aromatic carbocycles. The van der Waals surface area contributed by atoms with Gasteiger partial charge in [-0.15, -0.1) is 0 Å². The fourth-order valence-electron chi connectivity index (χ4n) is 4.51. The Morgan fingerprint density at radius 2 is 1.75 bits per heavy atom. The summed E-state index contributed by atoms with van der Waals surface area (Å²) in [7, 11) is 0. The molecule has 2 amide bonds. The number of aliphatic hydroxyl groups excluding tert-OH is 1. The van der Waals surface area contributed by atoms with Crippen LogP contribution in [0, 0.1) is 5.92 Å². The Balaban J connectivity index is 1.58. The van der Waals surface area contributed by atoms with Crippen molar-refractivity contribution in [3.05, 3.63) is 58.7 Å². The number of likely N-dealkylation sites (tertiary alicyclic amines) is 1. The summed E-state index contributed by atoms with van der Waals surface area (Å²) in [4.78, 5) is 30.4. The second-order valence-corrected chi connectivity index (χ2v) is 8.58. The Labute approximate surface area is 190 Å². The molecule has 5 rings (SSSR count). The van der Waals surface area contributed by atoms with Crippen LogP contribution in [0.5, 0.6) is 11.5 Å². The number of halogens is 1. The van der Waals surface area contributed by atoms with Crippen LogP contribution >= 0.6 is 11.6 Å². The summed E-state index contributed by atoms with van der Waals surface area (Å²) in [6.45, 7) is 2.09. The summed E-state index contributed by atoms with van der Waals surface area (Å²) in [5, 5.41) is 10.2. The molecule has 3 aliphatic heterocycles. The van der Waals surface area contributed by atoms with E-state index in [0.717, 1.165) is 12.8 Å². The minimum Gasteiger partial charge on any atom is -0.486 e. The summed E-state index contributed by atoms with van der Waals surface area (Å²) >= 11 is 6.06. The molecule has 3 aliphatic rings. The van der Waals surface area contributed by atoms with Crippen LogP contribution in [0.1, 0.15) is 18.4 Å². The van der Waals surface area contributed by atoms with Crippen molar-refractivity contribution in [2.24, 2.45) is 5.92 Å². The zero-order valence-corrected chi connectivity index (χ0v) is 18.2. The fraction of sp³-hybridized carbons (Fsp3) is 0.333. The second kappa shape index (κ2) is 8.48. The summed E-state index contributed by atoms with van der Waals surface area (Å²) in [5.41, 5.74) is 1.78. The van der Waals surface area contributed by atoms with Gasteiger partial charge in [-0.25, -0.2) is 4.90 Å². The lowest BCUT2D eigenvalue weighted by atomic mass is 9.97. The largest absolute Gasteiger partial charge is 0.486 e. The van der Waals surface area contributed by atoms with Crippen LogP contribution in [0.4, 0.5) is 5.69 Å². The fourth-order valence-corrected chi connectivity index (χ4v) is 4.64. The molecular weight excluding hydrogens is 432 g/mol. The number of carbonyl (C=O) groups is 2. The minimum atomic E-state index is -0.393. The Morgan fingerprint density at radius 3 is 2.50 bits per heavy atom. The number of carbonyl (C=O) groups excluding carboxylic acids is 2. The maximum absolute atomic E-state index is 13.7. The van der Waals surface area contributed by atoms with Gasteiger partial charge in [0.25, 0.3) is 11.8 Å². The average Bonchev–Trinajstić information content (AvgIpc) is 3.09. The molecule has 7 nitrogen and oxygen atoms in total.